The number of amides is 1. The number of hydrogen-bond acceptors (Lipinski definition) is 4. The highest BCUT2D eigenvalue weighted by Gasteiger charge is 2.20. The Hall–Kier alpha value is -2.32. The second-order valence-corrected chi connectivity index (χ2v) is 7.78. The van der Waals surface area contributed by atoms with Crippen molar-refractivity contribution in [3.8, 4) is 0 Å². The van der Waals surface area contributed by atoms with Crippen LogP contribution in [0.2, 0.25) is 0 Å². The van der Waals surface area contributed by atoms with Crippen molar-refractivity contribution in [1.82, 2.24) is 0 Å². The maximum Gasteiger partial charge on any atom is 0.283 e. The third-order valence-electron chi connectivity index (χ3n) is 2.98. The van der Waals surface area contributed by atoms with E-state index in [1.165, 1.54) is 12.1 Å². The summed E-state index contributed by atoms with van der Waals surface area (Å²) in [6.45, 7) is 1.66. The Morgan fingerprint density at radius 2 is 1.62 bits per heavy atom. The van der Waals surface area contributed by atoms with E-state index in [2.05, 4.69) is 9.71 Å². The first kappa shape index (κ1) is 18.0. The average molecular weight is 363 g/mol. The lowest BCUT2D eigenvalue weighted by Crippen LogP contribution is -2.27. The first-order valence-electron chi connectivity index (χ1n) is 7.06. The molecule has 2 aromatic rings. The number of amidine groups is 1. The number of rotatable bonds is 5. The van der Waals surface area contributed by atoms with Crippen LogP contribution in [0.4, 0.5) is 10.5 Å². The molecule has 0 bridgehead atoms. The largest absolute Gasteiger partial charge is 0.360 e. The number of nitrogens with zero attached hydrogens (tertiary/aromatic N) is 1. The smallest absolute Gasteiger partial charge is 0.283 e. The number of benzene rings is 2. The van der Waals surface area contributed by atoms with Crippen molar-refractivity contribution >= 4 is 38.5 Å². The number of thioether (sulfide) groups is 1. The van der Waals surface area contributed by atoms with Gasteiger partial charge in [0.05, 0.1) is 10.1 Å². The van der Waals surface area contributed by atoms with Crippen molar-refractivity contribution in [2.24, 2.45) is 10.1 Å². The molecular weight excluding hydrogens is 346 g/mol. The lowest BCUT2D eigenvalue weighted by atomic mass is 10.3. The third kappa shape index (κ3) is 5.10. The summed E-state index contributed by atoms with van der Waals surface area (Å²) in [5.74, 6) is 0.133. The summed E-state index contributed by atoms with van der Waals surface area (Å²) in [4.78, 5) is 11.2. The SMILES string of the molecule is CC(SC(N)=O)/C(=N/S(=O)(=O)c1ccccc1)Nc1ccccc1. The molecule has 24 heavy (non-hydrogen) atoms. The van der Waals surface area contributed by atoms with Crippen LogP contribution in [-0.2, 0) is 10.0 Å². The molecule has 0 aromatic heterocycles. The van der Waals surface area contributed by atoms with Crippen LogP contribution >= 0.6 is 11.8 Å². The lowest BCUT2D eigenvalue weighted by molar-refractivity contribution is 0.267. The van der Waals surface area contributed by atoms with Crippen molar-refractivity contribution in [2.45, 2.75) is 17.1 Å². The van der Waals surface area contributed by atoms with Gasteiger partial charge in [-0.05, 0) is 31.2 Å². The van der Waals surface area contributed by atoms with Crippen molar-refractivity contribution in [1.29, 1.82) is 0 Å². The molecule has 0 spiro atoms. The minimum atomic E-state index is -3.90. The van der Waals surface area contributed by atoms with E-state index in [-0.39, 0.29) is 10.7 Å². The fourth-order valence-electron chi connectivity index (χ4n) is 1.87. The Morgan fingerprint density at radius 1 is 1.08 bits per heavy atom. The average Bonchev–Trinajstić information content (AvgIpc) is 2.55. The molecule has 0 saturated carbocycles. The molecule has 2 rings (SSSR count). The molecule has 0 fully saturated rings. The zero-order valence-corrected chi connectivity index (χ0v) is 14.5. The van der Waals surface area contributed by atoms with Gasteiger partial charge in [0.2, 0.25) is 0 Å². The Labute approximate surface area is 145 Å². The van der Waals surface area contributed by atoms with Crippen LogP contribution in [0.15, 0.2) is 70.0 Å². The van der Waals surface area contributed by atoms with Crippen LogP contribution in [0.25, 0.3) is 0 Å². The lowest BCUT2D eigenvalue weighted by Gasteiger charge is -2.15. The molecule has 8 heteroatoms. The molecule has 0 saturated heterocycles. The van der Waals surface area contributed by atoms with Gasteiger partial charge in [-0.3, -0.25) is 4.79 Å². The van der Waals surface area contributed by atoms with Gasteiger partial charge in [0.1, 0.15) is 5.84 Å². The molecule has 126 valence electrons. The standard InChI is InChI=1S/C16H17N3O3S2/c1-12(23-16(17)20)15(18-13-8-4-2-5-9-13)19-24(21,22)14-10-6-3-7-11-14/h2-12H,1H3,(H2,17,20)(H,18,19). The van der Waals surface area contributed by atoms with E-state index in [9.17, 15) is 13.2 Å². The number of para-hydroxylation sites is 1. The van der Waals surface area contributed by atoms with Crippen LogP contribution in [0.1, 0.15) is 6.92 Å². The van der Waals surface area contributed by atoms with Crippen LogP contribution in [0.3, 0.4) is 0 Å². The fraction of sp³-hybridized carbons (Fsp3) is 0.125. The summed E-state index contributed by atoms with van der Waals surface area (Å²) in [7, 11) is -3.90. The summed E-state index contributed by atoms with van der Waals surface area (Å²) in [6.07, 6.45) is 0. The van der Waals surface area contributed by atoms with E-state index in [1.54, 1.807) is 49.4 Å². The summed E-state index contributed by atoms with van der Waals surface area (Å²) in [5, 5.41) is 1.79. The Kier molecular flexibility index (Phi) is 5.99. The fourth-order valence-corrected chi connectivity index (χ4v) is 3.58. The predicted molar refractivity (Wildman–Crippen MR) is 97.8 cm³/mol. The number of nitrogens with one attached hydrogen (secondary N) is 1. The summed E-state index contributed by atoms with van der Waals surface area (Å²) >= 11 is 0.799. The molecule has 0 heterocycles. The van der Waals surface area contributed by atoms with E-state index >= 15 is 0 Å². The molecule has 1 atom stereocenters. The number of nitrogens with two attached hydrogens (primary N) is 1. The zero-order chi connectivity index (χ0) is 17.6. The number of carbonyl (C=O) groups excluding carboxylic acids is 1. The summed E-state index contributed by atoms with van der Waals surface area (Å²) in [5.41, 5.74) is 5.85. The Bertz CT molecular complexity index is 822. The normalized spacial score (nSPS) is 13.3. The van der Waals surface area contributed by atoms with E-state index < -0.39 is 20.5 Å². The highest BCUT2D eigenvalue weighted by molar-refractivity contribution is 8.14. The van der Waals surface area contributed by atoms with Crippen LogP contribution in [0, 0.1) is 0 Å². The minimum absolute atomic E-state index is 0.0774. The van der Waals surface area contributed by atoms with Gasteiger partial charge in [-0.15, -0.1) is 4.40 Å². The zero-order valence-electron chi connectivity index (χ0n) is 12.9. The molecule has 1 unspecified atom stereocenters. The summed E-state index contributed by atoms with van der Waals surface area (Å²) < 4.78 is 28.8. The van der Waals surface area contributed by atoms with E-state index in [4.69, 9.17) is 5.73 Å². The van der Waals surface area contributed by atoms with Crippen LogP contribution in [0.5, 0.6) is 0 Å². The molecule has 0 radical (unpaired) electrons. The van der Waals surface area contributed by atoms with Gasteiger partial charge in [0, 0.05) is 5.69 Å². The number of primary amides is 1. The van der Waals surface area contributed by atoms with Crippen LogP contribution in [-0.4, -0.2) is 24.7 Å². The minimum Gasteiger partial charge on any atom is -0.360 e. The number of carbonyl (C=O) groups is 1. The molecular formula is C16H17N3O3S2. The van der Waals surface area contributed by atoms with E-state index in [1.807, 2.05) is 6.07 Å². The molecule has 1 amide bonds. The molecule has 0 aliphatic rings. The molecule has 0 aliphatic carbocycles. The van der Waals surface area contributed by atoms with Crippen molar-refractivity contribution in [2.75, 3.05) is 5.32 Å². The number of sulfonamides is 1. The first-order chi connectivity index (χ1) is 11.4. The first-order valence-corrected chi connectivity index (χ1v) is 9.38. The maximum atomic E-state index is 12.5. The van der Waals surface area contributed by atoms with Gasteiger partial charge in [-0.1, -0.05) is 48.2 Å². The molecule has 2 aromatic carbocycles. The monoisotopic (exact) mass is 363 g/mol. The number of hydrogen-bond donors (Lipinski definition) is 2. The van der Waals surface area contributed by atoms with Gasteiger partial charge in [0.25, 0.3) is 15.3 Å². The molecule has 0 aliphatic heterocycles. The Morgan fingerprint density at radius 3 is 2.17 bits per heavy atom. The van der Waals surface area contributed by atoms with Gasteiger partial charge in [-0.2, -0.15) is 8.42 Å². The maximum absolute atomic E-state index is 12.5. The Balaban J connectivity index is 2.39. The highest BCUT2D eigenvalue weighted by Crippen LogP contribution is 2.18. The van der Waals surface area contributed by atoms with Gasteiger partial charge < -0.3 is 11.1 Å². The second kappa shape index (κ2) is 7.98. The topological polar surface area (TPSA) is 102 Å². The third-order valence-corrected chi connectivity index (χ3v) is 5.10. The van der Waals surface area contributed by atoms with Crippen LogP contribution < -0.4 is 11.1 Å². The van der Waals surface area contributed by atoms with Gasteiger partial charge in [-0.25, -0.2) is 0 Å². The van der Waals surface area contributed by atoms with Crippen molar-refractivity contribution in [3.63, 3.8) is 0 Å². The van der Waals surface area contributed by atoms with Crippen molar-refractivity contribution < 1.29 is 13.2 Å². The van der Waals surface area contributed by atoms with Gasteiger partial charge >= 0.3 is 0 Å². The number of anilines is 1. The van der Waals surface area contributed by atoms with E-state index in [0.29, 0.717) is 5.69 Å². The van der Waals surface area contributed by atoms with Gasteiger partial charge in [0.15, 0.2) is 0 Å². The quantitative estimate of drug-likeness (QED) is 0.628. The molecule has 3 N–H and O–H groups in total. The molecule has 6 nitrogen and oxygen atoms in total. The van der Waals surface area contributed by atoms with E-state index in [0.717, 1.165) is 11.8 Å². The second-order valence-electron chi connectivity index (χ2n) is 4.83. The predicted octanol–water partition coefficient (Wildman–Crippen LogP) is 3.09. The highest BCUT2D eigenvalue weighted by atomic mass is 32.2. The van der Waals surface area contributed by atoms with Crippen molar-refractivity contribution in [3.05, 3.63) is 60.7 Å². The summed E-state index contributed by atoms with van der Waals surface area (Å²) in [6, 6.07) is 16.9.